The van der Waals surface area contributed by atoms with Gasteiger partial charge in [-0.25, -0.2) is 9.97 Å². The average Bonchev–Trinajstić information content (AvgIpc) is 2.65. The second kappa shape index (κ2) is 9.28. The van der Waals surface area contributed by atoms with E-state index in [0.717, 1.165) is 37.9 Å². The summed E-state index contributed by atoms with van der Waals surface area (Å²) in [5.74, 6) is 2.11. The van der Waals surface area contributed by atoms with E-state index in [9.17, 15) is 4.79 Å². The van der Waals surface area contributed by atoms with Gasteiger partial charge < -0.3 is 19.9 Å². The Morgan fingerprint density at radius 3 is 2.50 bits per heavy atom. The minimum atomic E-state index is -0.0982. The lowest BCUT2D eigenvalue weighted by atomic mass is 9.92. The molecule has 2 aliphatic heterocycles. The van der Waals surface area contributed by atoms with Crippen molar-refractivity contribution in [3.8, 4) is 0 Å². The second-order valence-electron chi connectivity index (χ2n) is 7.69. The number of hydrogen-bond acceptors (Lipinski definition) is 6. The largest absolute Gasteiger partial charge is 0.378 e. The van der Waals surface area contributed by atoms with Gasteiger partial charge in [0.25, 0.3) is 5.91 Å². The van der Waals surface area contributed by atoms with E-state index in [2.05, 4.69) is 38.9 Å². The average molecular weight is 361 g/mol. The fourth-order valence-corrected chi connectivity index (χ4v) is 3.95. The molecule has 0 bridgehead atoms. The Labute approximate surface area is 156 Å². The van der Waals surface area contributed by atoms with E-state index in [1.165, 1.54) is 19.5 Å². The van der Waals surface area contributed by atoms with Crippen molar-refractivity contribution in [1.29, 1.82) is 0 Å². The maximum atomic E-state index is 12.2. The Morgan fingerprint density at radius 1 is 1.19 bits per heavy atom. The Hall–Kier alpha value is -1.73. The first kappa shape index (κ1) is 19.0. The maximum absolute atomic E-state index is 12.2. The summed E-state index contributed by atoms with van der Waals surface area (Å²) in [6.45, 7) is 11.7. The Balaban J connectivity index is 1.39. The topological polar surface area (TPSA) is 70.6 Å². The Kier molecular flexibility index (Phi) is 6.80. The quantitative estimate of drug-likeness (QED) is 0.773. The molecule has 26 heavy (non-hydrogen) atoms. The summed E-state index contributed by atoms with van der Waals surface area (Å²) in [6, 6.07) is 0. The number of ether oxygens (including phenoxy) is 1. The van der Waals surface area contributed by atoms with Crippen LogP contribution in [0.2, 0.25) is 0 Å². The number of aromatic nitrogens is 2. The van der Waals surface area contributed by atoms with Crippen LogP contribution in [0.4, 0.5) is 5.95 Å². The molecule has 2 aliphatic rings. The molecule has 2 saturated heterocycles. The molecular weight excluding hydrogens is 330 g/mol. The van der Waals surface area contributed by atoms with Crippen molar-refractivity contribution in [3.63, 3.8) is 0 Å². The molecule has 0 radical (unpaired) electrons. The second-order valence-corrected chi connectivity index (χ2v) is 7.69. The first-order valence-corrected chi connectivity index (χ1v) is 9.77. The molecule has 2 fully saturated rings. The molecule has 0 aliphatic carbocycles. The molecule has 1 aromatic heterocycles. The van der Waals surface area contributed by atoms with Crippen molar-refractivity contribution in [1.82, 2.24) is 20.2 Å². The molecule has 3 heterocycles. The zero-order valence-corrected chi connectivity index (χ0v) is 16.0. The van der Waals surface area contributed by atoms with Crippen molar-refractivity contribution >= 4 is 11.9 Å². The minimum Gasteiger partial charge on any atom is -0.378 e. The van der Waals surface area contributed by atoms with Gasteiger partial charge in [0, 0.05) is 45.1 Å². The smallest absolute Gasteiger partial charge is 0.254 e. The first-order valence-electron chi connectivity index (χ1n) is 9.77. The van der Waals surface area contributed by atoms with Crippen molar-refractivity contribution in [2.45, 2.75) is 26.7 Å². The summed E-state index contributed by atoms with van der Waals surface area (Å²) < 4.78 is 5.33. The third kappa shape index (κ3) is 5.38. The summed E-state index contributed by atoms with van der Waals surface area (Å²) in [4.78, 5) is 25.5. The summed E-state index contributed by atoms with van der Waals surface area (Å²) >= 11 is 0. The molecule has 0 unspecified atom stereocenters. The number of carbonyl (C=O) groups is 1. The molecule has 3 rings (SSSR count). The predicted molar refractivity (Wildman–Crippen MR) is 101 cm³/mol. The van der Waals surface area contributed by atoms with Gasteiger partial charge in [-0.2, -0.15) is 0 Å². The number of likely N-dealkylation sites (tertiary alicyclic amines) is 1. The number of piperidine rings is 1. The molecule has 0 saturated carbocycles. The zero-order chi connectivity index (χ0) is 18.4. The third-order valence-corrected chi connectivity index (χ3v) is 5.08. The van der Waals surface area contributed by atoms with Gasteiger partial charge >= 0.3 is 0 Å². The lowest BCUT2D eigenvalue weighted by Crippen LogP contribution is -2.40. The van der Waals surface area contributed by atoms with Crippen LogP contribution in [-0.2, 0) is 4.74 Å². The van der Waals surface area contributed by atoms with Crippen LogP contribution in [0, 0.1) is 11.8 Å². The van der Waals surface area contributed by atoms with Crippen molar-refractivity contribution in [2.24, 2.45) is 11.8 Å². The number of anilines is 1. The molecule has 2 atom stereocenters. The van der Waals surface area contributed by atoms with Gasteiger partial charge in [-0.15, -0.1) is 0 Å². The van der Waals surface area contributed by atoms with Gasteiger partial charge in [-0.1, -0.05) is 13.8 Å². The maximum Gasteiger partial charge on any atom is 0.254 e. The van der Waals surface area contributed by atoms with Crippen LogP contribution in [0.5, 0.6) is 0 Å². The number of amides is 1. The number of nitrogens with one attached hydrogen (secondary N) is 1. The zero-order valence-electron chi connectivity index (χ0n) is 16.0. The Morgan fingerprint density at radius 2 is 1.85 bits per heavy atom. The van der Waals surface area contributed by atoms with Gasteiger partial charge in [0.1, 0.15) is 0 Å². The van der Waals surface area contributed by atoms with E-state index in [1.54, 1.807) is 12.4 Å². The summed E-state index contributed by atoms with van der Waals surface area (Å²) in [5.41, 5.74) is 0.516. The normalized spacial score (nSPS) is 24.5. The van der Waals surface area contributed by atoms with Gasteiger partial charge in [0.05, 0.1) is 18.8 Å². The summed E-state index contributed by atoms with van der Waals surface area (Å²) in [7, 11) is 0. The molecule has 1 N–H and O–H groups in total. The van der Waals surface area contributed by atoms with Crippen LogP contribution in [0.25, 0.3) is 0 Å². The van der Waals surface area contributed by atoms with Gasteiger partial charge in [-0.05, 0) is 31.2 Å². The van der Waals surface area contributed by atoms with Gasteiger partial charge in [0.15, 0.2) is 0 Å². The fourth-order valence-electron chi connectivity index (χ4n) is 3.95. The first-order chi connectivity index (χ1) is 12.6. The highest BCUT2D eigenvalue weighted by Crippen LogP contribution is 2.20. The molecule has 1 aromatic rings. The lowest BCUT2D eigenvalue weighted by Gasteiger charge is -2.34. The molecule has 1 amide bonds. The monoisotopic (exact) mass is 361 g/mol. The number of rotatable bonds is 6. The van der Waals surface area contributed by atoms with Crippen molar-refractivity contribution in [2.75, 3.05) is 57.4 Å². The SMILES string of the molecule is C[C@@H]1C[C@H](C)CN(CCCNC(=O)c2cnc(N3CCOCC3)nc2)C1. The molecule has 7 heteroatoms. The van der Waals surface area contributed by atoms with E-state index in [-0.39, 0.29) is 5.91 Å². The van der Waals surface area contributed by atoms with Crippen molar-refractivity contribution in [3.05, 3.63) is 18.0 Å². The Bertz CT molecular complexity index is 564. The lowest BCUT2D eigenvalue weighted by molar-refractivity contribution is 0.0946. The van der Waals surface area contributed by atoms with Gasteiger partial charge in [0.2, 0.25) is 5.95 Å². The number of nitrogens with zero attached hydrogens (tertiary/aromatic N) is 4. The standard InChI is InChI=1S/C19H31N5O2/c1-15-10-16(2)14-23(13-15)5-3-4-20-18(25)17-11-21-19(22-12-17)24-6-8-26-9-7-24/h11-12,15-16H,3-10,13-14H2,1-2H3,(H,20,25)/t15-,16+. The van der Waals surface area contributed by atoms with Crippen LogP contribution >= 0.6 is 0 Å². The molecular formula is C19H31N5O2. The number of hydrogen-bond donors (Lipinski definition) is 1. The van der Waals surface area contributed by atoms with E-state index in [4.69, 9.17) is 4.74 Å². The number of morpholine rings is 1. The highest BCUT2D eigenvalue weighted by molar-refractivity contribution is 5.93. The molecule has 144 valence electrons. The van der Waals surface area contributed by atoms with Gasteiger partial charge in [-0.3, -0.25) is 4.79 Å². The fraction of sp³-hybridized carbons (Fsp3) is 0.737. The van der Waals surface area contributed by atoms with Crippen LogP contribution < -0.4 is 10.2 Å². The third-order valence-electron chi connectivity index (χ3n) is 5.08. The van der Waals surface area contributed by atoms with E-state index in [0.29, 0.717) is 31.3 Å². The van der Waals surface area contributed by atoms with E-state index >= 15 is 0 Å². The van der Waals surface area contributed by atoms with Crippen LogP contribution in [0.3, 0.4) is 0 Å². The molecule has 0 aromatic carbocycles. The van der Waals surface area contributed by atoms with Crippen LogP contribution in [0.15, 0.2) is 12.4 Å². The highest BCUT2D eigenvalue weighted by Gasteiger charge is 2.21. The molecule has 0 spiro atoms. The van der Waals surface area contributed by atoms with Crippen molar-refractivity contribution < 1.29 is 9.53 Å². The minimum absolute atomic E-state index is 0.0982. The van der Waals surface area contributed by atoms with E-state index < -0.39 is 0 Å². The molecule has 7 nitrogen and oxygen atoms in total. The summed E-state index contributed by atoms with van der Waals surface area (Å²) in [5, 5.41) is 2.98. The predicted octanol–water partition coefficient (Wildman–Crippen LogP) is 1.41. The van der Waals surface area contributed by atoms with Crippen LogP contribution in [-0.4, -0.2) is 73.3 Å². The van der Waals surface area contributed by atoms with Crippen LogP contribution in [0.1, 0.15) is 37.0 Å². The number of carbonyl (C=O) groups excluding carboxylic acids is 1. The summed E-state index contributed by atoms with van der Waals surface area (Å²) in [6.07, 6.45) is 5.52. The van der Waals surface area contributed by atoms with E-state index in [1.807, 2.05) is 0 Å². The highest BCUT2D eigenvalue weighted by atomic mass is 16.5.